The van der Waals surface area contributed by atoms with E-state index in [0.29, 0.717) is 30.5 Å². The molecule has 0 spiro atoms. The van der Waals surface area contributed by atoms with Crippen LogP contribution in [-0.4, -0.2) is 57.9 Å². The standard InChI is InChI=1S/C31H32ClNO5/c1-20(21-4-5-23-18-26(35-2)9-6-22(23)16-21)31(34)38-15-13-33-12-14-37-29(19-33)25-7-10-27-24(17-25)8-11-28(36-3)30(27)32/h4-11,16-18,20,29H,12-15,19H2,1-3H3. The van der Waals surface area contributed by atoms with E-state index in [0.717, 1.165) is 51.5 Å². The van der Waals surface area contributed by atoms with Crippen LogP contribution in [0, 0.1) is 0 Å². The zero-order chi connectivity index (χ0) is 26.6. The highest BCUT2D eigenvalue weighted by Gasteiger charge is 2.23. The van der Waals surface area contributed by atoms with Crippen LogP contribution in [0.1, 0.15) is 30.1 Å². The fraction of sp³-hybridized carbons (Fsp3) is 0.323. The third-order valence-electron chi connectivity index (χ3n) is 7.26. The minimum absolute atomic E-state index is 0.0557. The average Bonchev–Trinajstić information content (AvgIpc) is 2.96. The molecule has 1 fully saturated rings. The van der Waals surface area contributed by atoms with Crippen molar-refractivity contribution in [3.63, 3.8) is 0 Å². The molecule has 1 saturated heterocycles. The van der Waals surface area contributed by atoms with Gasteiger partial charge in [0.1, 0.15) is 18.1 Å². The zero-order valence-electron chi connectivity index (χ0n) is 21.9. The van der Waals surface area contributed by atoms with Gasteiger partial charge in [-0.05, 0) is 58.5 Å². The first-order chi connectivity index (χ1) is 18.5. The SMILES string of the molecule is COc1ccc2cc(C(C)C(=O)OCCN3CCOC(c4ccc5c(Cl)c(OC)ccc5c4)C3)ccc2c1. The largest absolute Gasteiger partial charge is 0.497 e. The number of carbonyl (C=O) groups excluding carboxylic acids is 1. The van der Waals surface area contributed by atoms with Gasteiger partial charge in [-0.15, -0.1) is 0 Å². The topological polar surface area (TPSA) is 57.2 Å². The number of carbonyl (C=O) groups is 1. The molecule has 6 nitrogen and oxygen atoms in total. The molecule has 2 unspecified atom stereocenters. The fourth-order valence-electron chi connectivity index (χ4n) is 4.93. The molecule has 0 radical (unpaired) electrons. The van der Waals surface area contributed by atoms with Crippen LogP contribution in [0.2, 0.25) is 5.02 Å². The molecule has 5 rings (SSSR count). The molecular weight excluding hydrogens is 502 g/mol. The molecule has 2 atom stereocenters. The second-order valence-electron chi connectivity index (χ2n) is 9.58. The molecule has 1 heterocycles. The number of morpholine rings is 1. The maximum Gasteiger partial charge on any atom is 0.313 e. The molecule has 0 amide bonds. The van der Waals surface area contributed by atoms with Gasteiger partial charge in [-0.25, -0.2) is 0 Å². The van der Waals surface area contributed by atoms with Gasteiger partial charge < -0.3 is 18.9 Å². The van der Waals surface area contributed by atoms with Crippen LogP contribution in [0.5, 0.6) is 11.5 Å². The normalized spacial score (nSPS) is 16.9. The Morgan fingerprint density at radius 3 is 2.61 bits per heavy atom. The Kier molecular flexibility index (Phi) is 8.03. The van der Waals surface area contributed by atoms with E-state index in [2.05, 4.69) is 17.0 Å². The summed E-state index contributed by atoms with van der Waals surface area (Å²) in [6.45, 7) is 5.04. The molecule has 0 aromatic heterocycles. The smallest absolute Gasteiger partial charge is 0.313 e. The van der Waals surface area contributed by atoms with Crippen LogP contribution < -0.4 is 9.47 Å². The lowest BCUT2D eigenvalue weighted by Crippen LogP contribution is -2.40. The maximum absolute atomic E-state index is 12.8. The number of halogens is 1. The summed E-state index contributed by atoms with van der Waals surface area (Å²) in [6.07, 6.45) is -0.0557. The first-order valence-corrected chi connectivity index (χ1v) is 13.2. The molecule has 38 heavy (non-hydrogen) atoms. The van der Waals surface area contributed by atoms with Gasteiger partial charge >= 0.3 is 5.97 Å². The van der Waals surface area contributed by atoms with Gasteiger partial charge in [0.15, 0.2) is 0 Å². The molecule has 7 heteroatoms. The summed E-state index contributed by atoms with van der Waals surface area (Å²) in [4.78, 5) is 15.1. The van der Waals surface area contributed by atoms with Crippen molar-refractivity contribution in [1.82, 2.24) is 4.90 Å². The highest BCUT2D eigenvalue weighted by atomic mass is 35.5. The van der Waals surface area contributed by atoms with Gasteiger partial charge in [0, 0.05) is 25.0 Å². The lowest BCUT2D eigenvalue weighted by atomic mass is 9.98. The Balaban J connectivity index is 1.16. The first kappa shape index (κ1) is 26.3. The van der Waals surface area contributed by atoms with E-state index >= 15 is 0 Å². The summed E-state index contributed by atoms with van der Waals surface area (Å²) in [6, 6.07) is 22.0. The minimum Gasteiger partial charge on any atom is -0.497 e. The van der Waals surface area contributed by atoms with Gasteiger partial charge in [-0.1, -0.05) is 54.1 Å². The lowest BCUT2D eigenvalue weighted by molar-refractivity contribution is -0.146. The van der Waals surface area contributed by atoms with Crippen LogP contribution in [-0.2, 0) is 14.3 Å². The quantitative estimate of drug-likeness (QED) is 0.245. The summed E-state index contributed by atoms with van der Waals surface area (Å²) >= 11 is 6.47. The van der Waals surface area contributed by atoms with E-state index in [1.807, 2.05) is 61.5 Å². The number of ether oxygens (including phenoxy) is 4. The van der Waals surface area contributed by atoms with Gasteiger partial charge in [-0.2, -0.15) is 0 Å². The highest BCUT2D eigenvalue weighted by Crippen LogP contribution is 2.35. The van der Waals surface area contributed by atoms with E-state index in [1.165, 1.54) is 0 Å². The van der Waals surface area contributed by atoms with Gasteiger partial charge in [0.25, 0.3) is 0 Å². The molecule has 1 aliphatic heterocycles. The molecule has 0 bridgehead atoms. The summed E-state index contributed by atoms with van der Waals surface area (Å²) in [7, 11) is 3.27. The number of hydrogen-bond donors (Lipinski definition) is 0. The van der Waals surface area contributed by atoms with Gasteiger partial charge in [0.05, 0.1) is 37.9 Å². The number of esters is 1. The zero-order valence-corrected chi connectivity index (χ0v) is 22.7. The van der Waals surface area contributed by atoms with Crippen molar-refractivity contribution in [2.45, 2.75) is 18.9 Å². The summed E-state index contributed by atoms with van der Waals surface area (Å²) in [5.41, 5.74) is 2.04. The van der Waals surface area contributed by atoms with Crippen LogP contribution in [0.4, 0.5) is 0 Å². The summed E-state index contributed by atoms with van der Waals surface area (Å²) < 4.78 is 22.4. The molecule has 0 N–H and O–H groups in total. The highest BCUT2D eigenvalue weighted by molar-refractivity contribution is 6.37. The Labute approximate surface area is 228 Å². The third kappa shape index (κ3) is 5.58. The van der Waals surface area contributed by atoms with Crippen molar-refractivity contribution in [2.75, 3.05) is 47.1 Å². The predicted octanol–water partition coefficient (Wildman–Crippen LogP) is 6.38. The third-order valence-corrected chi connectivity index (χ3v) is 7.65. The second kappa shape index (κ2) is 11.6. The molecular formula is C31H32ClNO5. The number of hydrogen-bond acceptors (Lipinski definition) is 6. The van der Waals surface area contributed by atoms with E-state index in [4.69, 9.17) is 30.5 Å². The van der Waals surface area contributed by atoms with E-state index in [-0.39, 0.29) is 18.0 Å². The summed E-state index contributed by atoms with van der Waals surface area (Å²) in [5, 5.41) is 4.75. The molecule has 0 aliphatic carbocycles. The van der Waals surface area contributed by atoms with Crippen molar-refractivity contribution in [2.24, 2.45) is 0 Å². The van der Waals surface area contributed by atoms with Crippen molar-refractivity contribution >= 4 is 39.1 Å². The van der Waals surface area contributed by atoms with Crippen LogP contribution >= 0.6 is 11.6 Å². The second-order valence-corrected chi connectivity index (χ2v) is 9.96. The Morgan fingerprint density at radius 1 is 1.00 bits per heavy atom. The predicted molar refractivity (Wildman–Crippen MR) is 151 cm³/mol. The van der Waals surface area contributed by atoms with E-state index in [1.54, 1.807) is 14.2 Å². The number of benzene rings is 4. The Morgan fingerprint density at radius 2 is 1.79 bits per heavy atom. The number of rotatable bonds is 8. The van der Waals surface area contributed by atoms with Crippen LogP contribution in [0.25, 0.3) is 21.5 Å². The van der Waals surface area contributed by atoms with Gasteiger partial charge in [-0.3, -0.25) is 9.69 Å². The number of fused-ring (bicyclic) bond motifs is 2. The minimum atomic E-state index is -0.345. The molecule has 198 valence electrons. The van der Waals surface area contributed by atoms with Crippen molar-refractivity contribution < 1.29 is 23.7 Å². The monoisotopic (exact) mass is 533 g/mol. The van der Waals surface area contributed by atoms with E-state index < -0.39 is 0 Å². The molecule has 4 aromatic carbocycles. The van der Waals surface area contributed by atoms with Crippen LogP contribution in [0.15, 0.2) is 66.7 Å². The first-order valence-electron chi connectivity index (χ1n) is 12.8. The van der Waals surface area contributed by atoms with Crippen LogP contribution in [0.3, 0.4) is 0 Å². The average molecular weight is 534 g/mol. The lowest BCUT2D eigenvalue weighted by Gasteiger charge is -2.33. The maximum atomic E-state index is 12.8. The fourth-order valence-corrected chi connectivity index (χ4v) is 5.24. The van der Waals surface area contributed by atoms with E-state index in [9.17, 15) is 4.79 Å². The Hall–Kier alpha value is -3.32. The number of methoxy groups -OCH3 is 2. The molecule has 0 saturated carbocycles. The summed E-state index contributed by atoms with van der Waals surface area (Å²) in [5.74, 6) is 0.914. The molecule has 4 aromatic rings. The van der Waals surface area contributed by atoms with Crippen molar-refractivity contribution in [1.29, 1.82) is 0 Å². The van der Waals surface area contributed by atoms with Crippen molar-refractivity contribution in [3.8, 4) is 11.5 Å². The Bertz CT molecular complexity index is 1460. The number of nitrogens with zero attached hydrogens (tertiary/aromatic N) is 1. The van der Waals surface area contributed by atoms with Crippen molar-refractivity contribution in [3.05, 3.63) is 82.9 Å². The molecule has 1 aliphatic rings. The van der Waals surface area contributed by atoms with Gasteiger partial charge in [0.2, 0.25) is 0 Å².